The van der Waals surface area contributed by atoms with Crippen molar-refractivity contribution in [3.63, 3.8) is 0 Å². The summed E-state index contributed by atoms with van der Waals surface area (Å²) in [6, 6.07) is 0. The van der Waals surface area contributed by atoms with Gasteiger partial charge in [0.25, 0.3) is 0 Å². The van der Waals surface area contributed by atoms with Crippen LogP contribution in [-0.4, -0.2) is 45.6 Å². The van der Waals surface area contributed by atoms with Crippen LogP contribution in [0.5, 0.6) is 0 Å². The Hall–Kier alpha value is -0.160. The molecule has 1 aliphatic rings. The van der Waals surface area contributed by atoms with E-state index in [1.165, 1.54) is 12.8 Å². The Bertz CT molecular complexity index is 170. The van der Waals surface area contributed by atoms with Crippen molar-refractivity contribution in [3.8, 4) is 0 Å². The Labute approximate surface area is 92.5 Å². The van der Waals surface area contributed by atoms with Gasteiger partial charge in [-0.05, 0) is 12.8 Å². The highest BCUT2D eigenvalue weighted by Crippen LogP contribution is 2.26. The van der Waals surface area contributed by atoms with Crippen molar-refractivity contribution in [2.75, 3.05) is 33.9 Å². The standard InChI is InChI=1S/C11H24N2O2/c1-14-8-10(15-2)7-13-9-11(12)5-3-4-6-11/h10,13H,3-9,12H2,1-2H3. The lowest BCUT2D eigenvalue weighted by Gasteiger charge is -2.25. The molecule has 1 saturated carbocycles. The second-order valence-electron chi connectivity index (χ2n) is 4.51. The average Bonchev–Trinajstić information content (AvgIpc) is 2.64. The van der Waals surface area contributed by atoms with E-state index in [1.807, 2.05) is 0 Å². The van der Waals surface area contributed by atoms with Gasteiger partial charge in [-0.2, -0.15) is 0 Å². The van der Waals surface area contributed by atoms with Crippen molar-refractivity contribution in [2.45, 2.75) is 37.3 Å². The summed E-state index contributed by atoms with van der Waals surface area (Å²) in [7, 11) is 3.40. The molecular formula is C11H24N2O2. The lowest BCUT2D eigenvalue weighted by Crippen LogP contribution is -2.48. The quantitative estimate of drug-likeness (QED) is 0.651. The molecule has 0 aromatic carbocycles. The number of methoxy groups -OCH3 is 2. The molecule has 1 aliphatic carbocycles. The molecule has 4 heteroatoms. The molecule has 0 bridgehead atoms. The van der Waals surface area contributed by atoms with E-state index in [0.717, 1.165) is 25.9 Å². The number of hydrogen-bond donors (Lipinski definition) is 2. The van der Waals surface area contributed by atoms with Crippen molar-refractivity contribution >= 4 is 0 Å². The second-order valence-corrected chi connectivity index (χ2v) is 4.51. The van der Waals surface area contributed by atoms with E-state index in [0.29, 0.717) is 6.61 Å². The van der Waals surface area contributed by atoms with E-state index in [1.54, 1.807) is 14.2 Å². The number of ether oxygens (including phenoxy) is 2. The first kappa shape index (κ1) is 12.9. The third kappa shape index (κ3) is 4.47. The van der Waals surface area contributed by atoms with E-state index >= 15 is 0 Å². The van der Waals surface area contributed by atoms with Gasteiger partial charge in [-0.3, -0.25) is 0 Å². The van der Waals surface area contributed by atoms with Crippen molar-refractivity contribution in [2.24, 2.45) is 5.73 Å². The summed E-state index contributed by atoms with van der Waals surface area (Å²) in [6.07, 6.45) is 4.94. The van der Waals surface area contributed by atoms with Crippen LogP contribution in [0.4, 0.5) is 0 Å². The van der Waals surface area contributed by atoms with Crippen LogP contribution in [0.25, 0.3) is 0 Å². The van der Waals surface area contributed by atoms with Gasteiger partial charge in [0.05, 0.1) is 12.7 Å². The first-order valence-corrected chi connectivity index (χ1v) is 5.71. The SMILES string of the molecule is COCC(CNCC1(N)CCCC1)OC. The monoisotopic (exact) mass is 216 g/mol. The van der Waals surface area contributed by atoms with Crippen molar-refractivity contribution in [3.05, 3.63) is 0 Å². The number of hydrogen-bond acceptors (Lipinski definition) is 4. The van der Waals surface area contributed by atoms with Gasteiger partial charge in [0.15, 0.2) is 0 Å². The molecule has 0 radical (unpaired) electrons. The zero-order valence-electron chi connectivity index (χ0n) is 9.92. The van der Waals surface area contributed by atoms with Crippen LogP contribution >= 0.6 is 0 Å². The molecule has 0 aromatic heterocycles. The Kier molecular flexibility index (Phi) is 5.53. The summed E-state index contributed by atoms with van der Waals surface area (Å²) < 4.78 is 10.3. The highest BCUT2D eigenvalue weighted by atomic mass is 16.5. The normalized spacial score (nSPS) is 21.8. The third-order valence-electron chi connectivity index (χ3n) is 3.13. The van der Waals surface area contributed by atoms with E-state index < -0.39 is 0 Å². The van der Waals surface area contributed by atoms with Crippen LogP contribution in [0.3, 0.4) is 0 Å². The minimum absolute atomic E-state index is 0.0192. The predicted molar refractivity (Wildman–Crippen MR) is 60.9 cm³/mol. The molecule has 0 amide bonds. The first-order chi connectivity index (χ1) is 7.20. The summed E-state index contributed by atoms with van der Waals surface area (Å²) in [4.78, 5) is 0. The van der Waals surface area contributed by atoms with Crippen LogP contribution in [0.1, 0.15) is 25.7 Å². The third-order valence-corrected chi connectivity index (χ3v) is 3.13. The summed E-state index contributed by atoms with van der Waals surface area (Å²) in [5, 5.41) is 3.37. The Morgan fingerprint density at radius 3 is 2.53 bits per heavy atom. The molecule has 90 valence electrons. The van der Waals surface area contributed by atoms with Gasteiger partial charge in [-0.15, -0.1) is 0 Å². The van der Waals surface area contributed by atoms with Crippen LogP contribution in [0.2, 0.25) is 0 Å². The zero-order chi connectivity index (χ0) is 11.1. The topological polar surface area (TPSA) is 56.5 Å². The molecular weight excluding hydrogens is 192 g/mol. The fourth-order valence-corrected chi connectivity index (χ4v) is 2.13. The number of nitrogens with two attached hydrogens (primary N) is 1. The van der Waals surface area contributed by atoms with E-state index in [2.05, 4.69) is 5.32 Å². The molecule has 0 aliphatic heterocycles. The molecule has 0 aromatic rings. The molecule has 1 atom stereocenters. The van der Waals surface area contributed by atoms with Gasteiger partial charge in [-0.25, -0.2) is 0 Å². The summed E-state index contributed by atoms with van der Waals surface area (Å²) >= 11 is 0. The minimum Gasteiger partial charge on any atom is -0.382 e. The van der Waals surface area contributed by atoms with Gasteiger partial charge in [0.2, 0.25) is 0 Å². The van der Waals surface area contributed by atoms with E-state index in [4.69, 9.17) is 15.2 Å². The predicted octanol–water partition coefficient (Wildman–Crippen LogP) is 0.509. The Morgan fingerprint density at radius 1 is 1.33 bits per heavy atom. The van der Waals surface area contributed by atoms with Gasteiger partial charge < -0.3 is 20.5 Å². The van der Waals surface area contributed by atoms with Crippen LogP contribution in [0.15, 0.2) is 0 Å². The van der Waals surface area contributed by atoms with Crippen molar-refractivity contribution < 1.29 is 9.47 Å². The maximum absolute atomic E-state index is 6.23. The lowest BCUT2D eigenvalue weighted by atomic mass is 9.99. The van der Waals surface area contributed by atoms with E-state index in [9.17, 15) is 0 Å². The van der Waals surface area contributed by atoms with Crippen LogP contribution in [-0.2, 0) is 9.47 Å². The molecule has 0 saturated heterocycles. The summed E-state index contributed by atoms with van der Waals surface area (Å²) in [5.41, 5.74) is 6.25. The van der Waals surface area contributed by atoms with Gasteiger partial charge >= 0.3 is 0 Å². The Balaban J connectivity index is 2.13. The molecule has 1 fully saturated rings. The molecule has 1 unspecified atom stereocenters. The molecule has 0 spiro atoms. The maximum atomic E-state index is 6.23. The number of nitrogens with one attached hydrogen (secondary N) is 1. The number of rotatable bonds is 7. The molecule has 15 heavy (non-hydrogen) atoms. The largest absolute Gasteiger partial charge is 0.382 e. The highest BCUT2D eigenvalue weighted by Gasteiger charge is 2.28. The minimum atomic E-state index is 0.0192. The molecule has 3 N–H and O–H groups in total. The fraction of sp³-hybridized carbons (Fsp3) is 1.00. The first-order valence-electron chi connectivity index (χ1n) is 5.71. The van der Waals surface area contributed by atoms with Gasteiger partial charge in [0.1, 0.15) is 0 Å². The summed E-state index contributed by atoms with van der Waals surface area (Å²) in [6.45, 7) is 2.32. The van der Waals surface area contributed by atoms with Crippen molar-refractivity contribution in [1.29, 1.82) is 0 Å². The maximum Gasteiger partial charge on any atom is 0.0928 e. The second kappa shape index (κ2) is 6.43. The van der Waals surface area contributed by atoms with Crippen molar-refractivity contribution in [1.82, 2.24) is 5.32 Å². The Morgan fingerprint density at radius 2 is 2.00 bits per heavy atom. The van der Waals surface area contributed by atoms with Gasteiger partial charge in [0, 0.05) is 32.8 Å². The lowest BCUT2D eigenvalue weighted by molar-refractivity contribution is 0.0283. The van der Waals surface area contributed by atoms with Crippen LogP contribution in [0, 0.1) is 0 Å². The fourth-order valence-electron chi connectivity index (χ4n) is 2.13. The average molecular weight is 216 g/mol. The zero-order valence-corrected chi connectivity index (χ0v) is 9.92. The molecule has 1 rings (SSSR count). The van der Waals surface area contributed by atoms with Gasteiger partial charge in [-0.1, -0.05) is 12.8 Å². The summed E-state index contributed by atoms with van der Waals surface area (Å²) in [5.74, 6) is 0. The highest BCUT2D eigenvalue weighted by molar-refractivity contribution is 4.91. The molecule has 0 heterocycles. The van der Waals surface area contributed by atoms with Crippen LogP contribution < -0.4 is 11.1 Å². The molecule has 4 nitrogen and oxygen atoms in total. The van der Waals surface area contributed by atoms with E-state index in [-0.39, 0.29) is 11.6 Å². The smallest absolute Gasteiger partial charge is 0.0928 e.